The second kappa shape index (κ2) is 4.42. The molecule has 0 amide bonds. The van der Waals surface area contributed by atoms with Gasteiger partial charge in [0, 0.05) is 5.56 Å². The minimum Gasteiger partial charge on any atom is -0.376 e. The van der Waals surface area contributed by atoms with E-state index in [2.05, 4.69) is 4.18 Å². The molecule has 4 nitrogen and oxygen atoms in total. The molecule has 1 aromatic carbocycles. The molecule has 0 unspecified atom stereocenters. The monoisotopic (exact) mass is 291 g/mol. The highest BCUT2D eigenvalue weighted by molar-refractivity contribution is 7.88. The zero-order chi connectivity index (χ0) is 14.3. The minimum atomic E-state index is -5.67. The standard InChI is InChI=1S/C11H8F3NO3S/c12-11(13,14)19(16,17)18-10-5-4-7(6-15)8-2-1-3-9(8)10/h4-5H,1-3H2. The first kappa shape index (κ1) is 13.7. The Morgan fingerprint density at radius 3 is 2.42 bits per heavy atom. The Kier molecular flexibility index (Phi) is 3.18. The number of nitriles is 1. The molecule has 0 aromatic heterocycles. The van der Waals surface area contributed by atoms with E-state index in [1.807, 2.05) is 6.07 Å². The Morgan fingerprint density at radius 1 is 1.21 bits per heavy atom. The second-order valence-electron chi connectivity index (χ2n) is 4.02. The van der Waals surface area contributed by atoms with Gasteiger partial charge < -0.3 is 4.18 Å². The van der Waals surface area contributed by atoms with Gasteiger partial charge in [0.25, 0.3) is 0 Å². The number of hydrogen-bond acceptors (Lipinski definition) is 4. The second-order valence-corrected chi connectivity index (χ2v) is 5.55. The molecule has 0 aliphatic heterocycles. The topological polar surface area (TPSA) is 67.2 Å². The summed E-state index contributed by atoms with van der Waals surface area (Å²) in [7, 11) is -5.67. The zero-order valence-corrected chi connectivity index (χ0v) is 10.3. The van der Waals surface area contributed by atoms with Gasteiger partial charge in [0.2, 0.25) is 0 Å². The molecule has 0 spiro atoms. The van der Waals surface area contributed by atoms with E-state index in [4.69, 9.17) is 5.26 Å². The van der Waals surface area contributed by atoms with E-state index < -0.39 is 15.6 Å². The van der Waals surface area contributed by atoms with E-state index in [-0.39, 0.29) is 5.75 Å². The molecule has 1 aromatic rings. The first-order valence-electron chi connectivity index (χ1n) is 5.32. The average Bonchev–Trinajstić information content (AvgIpc) is 2.77. The van der Waals surface area contributed by atoms with E-state index in [1.165, 1.54) is 6.07 Å². The molecule has 0 radical (unpaired) electrons. The van der Waals surface area contributed by atoms with Crippen LogP contribution in [0.15, 0.2) is 12.1 Å². The molecule has 1 aliphatic rings. The maximum atomic E-state index is 12.3. The van der Waals surface area contributed by atoms with Crippen molar-refractivity contribution >= 4 is 10.1 Å². The number of hydrogen-bond donors (Lipinski definition) is 0. The molecule has 0 saturated heterocycles. The van der Waals surface area contributed by atoms with Crippen LogP contribution in [0.4, 0.5) is 13.2 Å². The Labute approximate surface area is 107 Å². The van der Waals surface area contributed by atoms with Gasteiger partial charge in [0.1, 0.15) is 5.75 Å². The molecular formula is C11H8F3NO3S. The molecule has 0 N–H and O–H groups in total. The van der Waals surface area contributed by atoms with Gasteiger partial charge >= 0.3 is 15.6 Å². The van der Waals surface area contributed by atoms with E-state index in [0.717, 1.165) is 6.07 Å². The third-order valence-electron chi connectivity index (χ3n) is 2.85. The highest BCUT2D eigenvalue weighted by atomic mass is 32.2. The van der Waals surface area contributed by atoms with Gasteiger partial charge in [-0.05, 0) is 37.0 Å². The van der Waals surface area contributed by atoms with E-state index in [0.29, 0.717) is 36.0 Å². The van der Waals surface area contributed by atoms with Crippen LogP contribution in [0.2, 0.25) is 0 Å². The number of nitrogens with zero attached hydrogens (tertiary/aromatic N) is 1. The van der Waals surface area contributed by atoms with Crippen LogP contribution in [0, 0.1) is 11.3 Å². The molecule has 102 valence electrons. The van der Waals surface area contributed by atoms with Gasteiger partial charge in [-0.1, -0.05) is 0 Å². The summed E-state index contributed by atoms with van der Waals surface area (Å²) < 4.78 is 62.8. The molecule has 2 rings (SSSR count). The van der Waals surface area contributed by atoms with Crippen molar-refractivity contribution in [2.75, 3.05) is 0 Å². The van der Waals surface area contributed by atoms with Crippen LogP contribution in [0.3, 0.4) is 0 Å². The van der Waals surface area contributed by atoms with Crippen molar-refractivity contribution in [3.8, 4) is 11.8 Å². The Balaban J connectivity index is 2.45. The summed E-state index contributed by atoms with van der Waals surface area (Å²) in [4.78, 5) is 0. The molecule has 0 saturated carbocycles. The smallest absolute Gasteiger partial charge is 0.376 e. The van der Waals surface area contributed by atoms with Crippen LogP contribution in [0.25, 0.3) is 0 Å². The number of alkyl halides is 3. The minimum absolute atomic E-state index is 0.337. The average molecular weight is 291 g/mol. The van der Waals surface area contributed by atoms with Crippen LogP contribution in [0.5, 0.6) is 5.75 Å². The molecule has 19 heavy (non-hydrogen) atoms. The van der Waals surface area contributed by atoms with Crippen molar-refractivity contribution in [2.45, 2.75) is 24.8 Å². The highest BCUT2D eigenvalue weighted by Crippen LogP contribution is 2.36. The quantitative estimate of drug-likeness (QED) is 0.619. The van der Waals surface area contributed by atoms with Gasteiger partial charge in [0.15, 0.2) is 0 Å². The van der Waals surface area contributed by atoms with Crippen LogP contribution < -0.4 is 4.18 Å². The van der Waals surface area contributed by atoms with Crippen LogP contribution in [-0.2, 0) is 23.0 Å². The maximum absolute atomic E-state index is 12.3. The fourth-order valence-corrected chi connectivity index (χ4v) is 2.51. The maximum Gasteiger partial charge on any atom is 0.534 e. The number of benzene rings is 1. The van der Waals surface area contributed by atoms with Crippen molar-refractivity contribution in [1.82, 2.24) is 0 Å². The highest BCUT2D eigenvalue weighted by Gasteiger charge is 2.49. The first-order chi connectivity index (χ1) is 8.76. The molecular weight excluding hydrogens is 283 g/mol. The van der Waals surface area contributed by atoms with Crippen molar-refractivity contribution in [1.29, 1.82) is 5.26 Å². The van der Waals surface area contributed by atoms with Gasteiger partial charge in [-0.25, -0.2) is 0 Å². The van der Waals surface area contributed by atoms with Crippen LogP contribution in [0.1, 0.15) is 23.1 Å². The van der Waals surface area contributed by atoms with Gasteiger partial charge in [-0.15, -0.1) is 0 Å². The van der Waals surface area contributed by atoms with Crippen molar-refractivity contribution in [3.05, 3.63) is 28.8 Å². The number of rotatable bonds is 2. The Hall–Kier alpha value is -1.75. The Morgan fingerprint density at radius 2 is 1.84 bits per heavy atom. The van der Waals surface area contributed by atoms with E-state index in [9.17, 15) is 21.6 Å². The lowest BCUT2D eigenvalue weighted by Gasteiger charge is -2.13. The first-order valence-corrected chi connectivity index (χ1v) is 6.72. The summed E-state index contributed by atoms with van der Waals surface area (Å²) in [5.74, 6) is -0.344. The zero-order valence-electron chi connectivity index (χ0n) is 9.49. The molecule has 0 fully saturated rings. The largest absolute Gasteiger partial charge is 0.534 e. The summed E-state index contributed by atoms with van der Waals surface area (Å²) in [5, 5.41) is 8.87. The SMILES string of the molecule is N#Cc1ccc(OS(=O)(=O)C(F)(F)F)c2c1CCC2. The lowest BCUT2D eigenvalue weighted by Crippen LogP contribution is -2.28. The van der Waals surface area contributed by atoms with Crippen molar-refractivity contribution < 1.29 is 25.8 Å². The van der Waals surface area contributed by atoms with Gasteiger partial charge in [-0.2, -0.15) is 26.9 Å². The Bertz CT molecular complexity index is 659. The molecule has 0 atom stereocenters. The number of halogens is 3. The lowest BCUT2D eigenvalue weighted by atomic mass is 10.0. The molecule has 0 bridgehead atoms. The molecule has 1 aliphatic carbocycles. The van der Waals surface area contributed by atoms with Crippen LogP contribution >= 0.6 is 0 Å². The molecule has 8 heteroatoms. The fraction of sp³-hybridized carbons (Fsp3) is 0.364. The molecule has 0 heterocycles. The van der Waals surface area contributed by atoms with Crippen molar-refractivity contribution in [3.63, 3.8) is 0 Å². The normalized spacial score (nSPS) is 14.8. The van der Waals surface area contributed by atoms with Gasteiger partial charge in [-0.3, -0.25) is 0 Å². The summed E-state index contributed by atoms with van der Waals surface area (Å²) in [6.45, 7) is 0. The fourth-order valence-electron chi connectivity index (χ4n) is 2.02. The summed E-state index contributed by atoms with van der Waals surface area (Å²) in [6, 6.07) is 4.28. The predicted molar refractivity (Wildman–Crippen MR) is 58.8 cm³/mol. The third kappa shape index (κ3) is 2.38. The predicted octanol–water partition coefficient (Wildman–Crippen LogP) is 2.28. The summed E-state index contributed by atoms with van der Waals surface area (Å²) >= 11 is 0. The third-order valence-corrected chi connectivity index (χ3v) is 3.81. The number of fused-ring (bicyclic) bond motifs is 1. The van der Waals surface area contributed by atoms with Crippen LogP contribution in [-0.4, -0.2) is 13.9 Å². The van der Waals surface area contributed by atoms with Gasteiger partial charge in [0.05, 0.1) is 11.6 Å². The lowest BCUT2D eigenvalue weighted by molar-refractivity contribution is -0.0500. The summed E-state index contributed by atoms with van der Waals surface area (Å²) in [6.07, 6.45) is 1.57. The summed E-state index contributed by atoms with van der Waals surface area (Å²) in [5.41, 5.74) is -4.19. The van der Waals surface area contributed by atoms with E-state index >= 15 is 0 Å². The van der Waals surface area contributed by atoms with Crippen molar-refractivity contribution in [2.24, 2.45) is 0 Å². The van der Waals surface area contributed by atoms with E-state index in [1.54, 1.807) is 0 Å².